The topological polar surface area (TPSA) is 322 Å². The second kappa shape index (κ2) is 8.47. The molecular formula is C17H25N3O15. The fourth-order valence-electron chi connectivity index (χ4n) is 4.95. The van der Waals surface area contributed by atoms with E-state index in [1.807, 2.05) is 0 Å². The lowest BCUT2D eigenvalue weighted by atomic mass is 9.55. The fraction of sp³-hybridized carbons (Fsp3) is 0.765. The first-order valence-electron chi connectivity index (χ1n) is 9.94. The third-order valence-electron chi connectivity index (χ3n) is 6.50. The van der Waals surface area contributed by atoms with Crippen molar-refractivity contribution in [2.24, 2.45) is 16.6 Å². The second-order valence-electron chi connectivity index (χ2n) is 8.69. The minimum absolute atomic E-state index is 0.250. The van der Waals surface area contributed by atoms with E-state index in [0.29, 0.717) is 0 Å². The fourth-order valence-corrected chi connectivity index (χ4v) is 4.95. The molecule has 13 N–H and O–H groups in total. The number of nitrogens with two attached hydrogens (primary N) is 1. The SMILES string of the molecule is NC1=N[C@H](O)[C@H]2[C@@H]3O[C@]4(O)O[C@H]([C@@H](O)[C@]2(N1)[C@@H]4O)[C@]3(O)CO.O=C(O)CC(O)(CC(=O)O)C(=O)O. The standard InChI is InChI=1S/C11H17N3O8.C6H8O7/c12-8-13-6(17)2-4-9(19,1-15)5-3(16)10(2,14-8)7(18)11(20,21-4)22-5;7-3(8)1-6(13,5(11)12)2-4(9)10/h2-7,15-20H,1H2,(H3,12,13,14);13H,1-2H2,(H,7,8)(H,9,10)(H,11,12)/t2-,3-,4+,5-,6-,7+,9+,10+,11+;/m1./s1. The molecule has 3 saturated heterocycles. The normalized spacial score (nSPS) is 43.2. The molecule has 1 aliphatic carbocycles. The summed E-state index contributed by atoms with van der Waals surface area (Å²) in [6.45, 7) is -0.857. The van der Waals surface area contributed by atoms with Crippen LogP contribution in [0.15, 0.2) is 4.99 Å². The number of carbonyl (C=O) groups is 3. The minimum atomic E-state index is -2.74. The molecule has 0 aromatic rings. The van der Waals surface area contributed by atoms with Gasteiger partial charge >= 0.3 is 23.9 Å². The van der Waals surface area contributed by atoms with E-state index in [9.17, 15) is 45.0 Å². The number of hydrogen-bond donors (Lipinski definition) is 12. The van der Waals surface area contributed by atoms with Gasteiger partial charge in [0.15, 0.2) is 23.9 Å². The molecule has 4 fully saturated rings. The van der Waals surface area contributed by atoms with Crippen LogP contribution in [0.3, 0.4) is 0 Å². The Hall–Kier alpha value is -2.68. The predicted octanol–water partition coefficient (Wildman–Crippen LogP) is -6.77. The van der Waals surface area contributed by atoms with Crippen molar-refractivity contribution in [3.05, 3.63) is 0 Å². The molecule has 0 aromatic heterocycles. The Balaban J connectivity index is 0.000000228. The van der Waals surface area contributed by atoms with E-state index < -0.39 is 96.6 Å². The highest BCUT2D eigenvalue weighted by molar-refractivity contribution is 5.88. The van der Waals surface area contributed by atoms with Crippen LogP contribution in [0.1, 0.15) is 12.8 Å². The number of aliphatic carboxylic acids is 3. The van der Waals surface area contributed by atoms with E-state index in [-0.39, 0.29) is 5.96 Å². The third kappa shape index (κ3) is 3.88. The van der Waals surface area contributed by atoms with Crippen molar-refractivity contribution in [2.75, 3.05) is 6.61 Å². The number of ether oxygens (including phenoxy) is 2. The van der Waals surface area contributed by atoms with Gasteiger partial charge in [0, 0.05) is 0 Å². The van der Waals surface area contributed by atoms with E-state index in [4.69, 9.17) is 35.6 Å². The summed E-state index contributed by atoms with van der Waals surface area (Å²) in [5.41, 5.74) is -1.00. The summed E-state index contributed by atoms with van der Waals surface area (Å²) < 4.78 is 10.3. The average molecular weight is 511 g/mol. The first-order chi connectivity index (χ1) is 16.0. The molecule has 4 aliphatic heterocycles. The lowest BCUT2D eigenvalue weighted by Crippen LogP contribution is -2.95. The van der Waals surface area contributed by atoms with Crippen molar-refractivity contribution < 1.29 is 74.9 Å². The summed E-state index contributed by atoms with van der Waals surface area (Å²) >= 11 is 0. The lowest BCUT2D eigenvalue weighted by Gasteiger charge is -2.71. The molecule has 198 valence electrons. The highest BCUT2D eigenvalue weighted by Gasteiger charge is 2.83. The zero-order chi connectivity index (χ0) is 26.7. The van der Waals surface area contributed by atoms with E-state index >= 15 is 0 Å². The molecular weight excluding hydrogens is 486 g/mol. The number of aliphatic imine (C=N–C) groups is 1. The van der Waals surface area contributed by atoms with Crippen LogP contribution in [0.4, 0.5) is 0 Å². The molecule has 35 heavy (non-hydrogen) atoms. The Bertz CT molecular complexity index is 930. The number of aliphatic hydroxyl groups excluding tert-OH is 4. The summed E-state index contributed by atoms with van der Waals surface area (Å²) in [6.07, 6.45) is -10.1. The van der Waals surface area contributed by atoms with E-state index in [2.05, 4.69) is 10.3 Å². The summed E-state index contributed by atoms with van der Waals surface area (Å²) in [5.74, 6) is -8.96. The van der Waals surface area contributed by atoms with Crippen LogP contribution in [0.5, 0.6) is 0 Å². The van der Waals surface area contributed by atoms with Gasteiger partial charge < -0.3 is 71.6 Å². The number of hydrogen-bond acceptors (Lipinski definition) is 15. The molecule has 0 aromatic carbocycles. The molecule has 0 radical (unpaired) electrons. The molecule has 1 saturated carbocycles. The van der Waals surface area contributed by atoms with Crippen LogP contribution in [0.25, 0.3) is 0 Å². The molecule has 5 rings (SSSR count). The predicted molar refractivity (Wildman–Crippen MR) is 103 cm³/mol. The zero-order valence-electron chi connectivity index (χ0n) is 17.6. The van der Waals surface area contributed by atoms with Crippen LogP contribution in [-0.4, -0.2) is 135 Å². The van der Waals surface area contributed by atoms with Crippen LogP contribution in [0.2, 0.25) is 0 Å². The van der Waals surface area contributed by atoms with Gasteiger partial charge in [0.2, 0.25) is 0 Å². The van der Waals surface area contributed by atoms with E-state index in [1.54, 1.807) is 0 Å². The van der Waals surface area contributed by atoms with Crippen molar-refractivity contribution >= 4 is 23.9 Å². The summed E-state index contributed by atoms with van der Waals surface area (Å²) in [7, 11) is 0. The molecule has 18 nitrogen and oxygen atoms in total. The molecule has 1 spiro atoms. The van der Waals surface area contributed by atoms with Crippen LogP contribution >= 0.6 is 0 Å². The Morgan fingerprint density at radius 3 is 2.00 bits per heavy atom. The van der Waals surface area contributed by atoms with Gasteiger partial charge in [-0.2, -0.15) is 0 Å². The van der Waals surface area contributed by atoms with Crippen molar-refractivity contribution in [3.8, 4) is 0 Å². The Kier molecular flexibility index (Phi) is 6.51. The van der Waals surface area contributed by atoms with Crippen LogP contribution in [0, 0.1) is 5.92 Å². The summed E-state index contributed by atoms with van der Waals surface area (Å²) in [5, 5.41) is 98.1. The molecule has 18 heteroatoms. The summed E-state index contributed by atoms with van der Waals surface area (Å²) in [6, 6.07) is 0. The van der Waals surface area contributed by atoms with E-state index in [1.165, 1.54) is 0 Å². The minimum Gasteiger partial charge on any atom is -0.481 e. The van der Waals surface area contributed by atoms with Gasteiger partial charge in [0.25, 0.3) is 0 Å². The first kappa shape index (κ1) is 26.9. The van der Waals surface area contributed by atoms with E-state index in [0.717, 1.165) is 0 Å². The van der Waals surface area contributed by atoms with Crippen LogP contribution in [-0.2, 0) is 23.9 Å². The monoisotopic (exact) mass is 511 g/mol. The number of nitrogens with zero attached hydrogens (tertiary/aromatic N) is 1. The van der Waals surface area contributed by atoms with Crippen LogP contribution < -0.4 is 11.1 Å². The van der Waals surface area contributed by atoms with Crippen molar-refractivity contribution in [3.63, 3.8) is 0 Å². The van der Waals surface area contributed by atoms with Crippen molar-refractivity contribution in [1.29, 1.82) is 0 Å². The number of guanidine groups is 1. The number of nitrogens with one attached hydrogen (secondary N) is 1. The smallest absolute Gasteiger partial charge is 0.336 e. The van der Waals surface area contributed by atoms with Crippen molar-refractivity contribution in [2.45, 2.75) is 66.2 Å². The quantitative estimate of drug-likeness (QED) is 0.157. The number of carboxylic acid groups (broad SMARTS) is 3. The summed E-state index contributed by atoms with van der Waals surface area (Å²) in [4.78, 5) is 34.2. The van der Waals surface area contributed by atoms with Gasteiger partial charge in [-0.15, -0.1) is 0 Å². The average Bonchev–Trinajstić information content (AvgIpc) is 2.71. The Labute approximate surface area is 194 Å². The second-order valence-corrected chi connectivity index (χ2v) is 8.69. The third-order valence-corrected chi connectivity index (χ3v) is 6.50. The molecule has 0 unspecified atom stereocenters. The number of carboxylic acids is 3. The highest BCUT2D eigenvalue weighted by Crippen LogP contribution is 2.58. The lowest BCUT2D eigenvalue weighted by molar-refractivity contribution is -0.548. The van der Waals surface area contributed by atoms with Gasteiger partial charge in [0.05, 0.1) is 25.4 Å². The largest absolute Gasteiger partial charge is 0.481 e. The molecule has 9 atom stereocenters. The maximum atomic E-state index is 10.6. The Morgan fingerprint density at radius 1 is 1.03 bits per heavy atom. The first-order valence-corrected chi connectivity index (χ1v) is 9.94. The number of rotatable bonds is 6. The van der Waals surface area contributed by atoms with Gasteiger partial charge in [0.1, 0.15) is 29.5 Å². The maximum Gasteiger partial charge on any atom is 0.336 e. The highest BCUT2D eigenvalue weighted by atomic mass is 16.9. The van der Waals surface area contributed by atoms with Gasteiger partial charge in [-0.3, -0.25) is 9.59 Å². The zero-order valence-corrected chi connectivity index (χ0v) is 17.6. The Morgan fingerprint density at radius 2 is 1.54 bits per heavy atom. The van der Waals surface area contributed by atoms with Crippen molar-refractivity contribution in [1.82, 2.24) is 5.32 Å². The molecule has 0 amide bonds. The number of aliphatic hydroxyl groups is 7. The molecule has 5 aliphatic rings. The van der Waals surface area contributed by atoms with Gasteiger partial charge in [-0.1, -0.05) is 0 Å². The van der Waals surface area contributed by atoms with Gasteiger partial charge in [-0.25, -0.2) is 9.79 Å². The molecule has 4 bridgehead atoms. The van der Waals surface area contributed by atoms with Gasteiger partial charge in [-0.05, 0) is 0 Å². The molecule has 4 heterocycles. The maximum absolute atomic E-state index is 10.6.